The van der Waals surface area contributed by atoms with Gasteiger partial charge in [0, 0.05) is 37.2 Å². The van der Waals surface area contributed by atoms with E-state index in [0.717, 1.165) is 20.6 Å². The molecule has 1 N–H and O–H groups in total. The number of benzene rings is 2. The van der Waals surface area contributed by atoms with Gasteiger partial charge < -0.3 is 10.2 Å². The average Bonchev–Trinajstić information content (AvgIpc) is 2.83. The molecule has 0 aliphatic carbocycles. The van der Waals surface area contributed by atoms with Gasteiger partial charge in [-0.25, -0.2) is 4.31 Å². The molecule has 2 rings (SSSR count). The van der Waals surface area contributed by atoms with Crippen LogP contribution in [0.25, 0.3) is 0 Å². The van der Waals surface area contributed by atoms with Gasteiger partial charge in [0.2, 0.25) is 11.8 Å². The SMILES string of the molecule is CCCNC(=O)[C@H](CC)N(Cc1ccc(Cl)cc1Cl)C(=O)CN(c1cc(C)ccc1C)S(=O)(=O)N(C)C. The van der Waals surface area contributed by atoms with Crippen LogP contribution in [0.3, 0.4) is 0 Å². The molecule has 11 heteroatoms. The largest absolute Gasteiger partial charge is 0.354 e. The van der Waals surface area contributed by atoms with Crippen molar-refractivity contribution in [2.24, 2.45) is 0 Å². The Balaban J connectivity index is 2.57. The van der Waals surface area contributed by atoms with E-state index in [4.69, 9.17) is 23.2 Å². The van der Waals surface area contributed by atoms with Crippen LogP contribution in [0.5, 0.6) is 0 Å². The summed E-state index contributed by atoms with van der Waals surface area (Å²) < 4.78 is 28.9. The van der Waals surface area contributed by atoms with Crippen molar-refractivity contribution in [3.8, 4) is 0 Å². The van der Waals surface area contributed by atoms with Gasteiger partial charge in [-0.05, 0) is 61.6 Å². The van der Waals surface area contributed by atoms with E-state index in [2.05, 4.69) is 5.32 Å². The predicted octanol–water partition coefficient (Wildman–Crippen LogP) is 4.56. The fraction of sp³-hybridized carbons (Fsp3) is 0.462. The van der Waals surface area contributed by atoms with Gasteiger partial charge in [0.15, 0.2) is 0 Å². The van der Waals surface area contributed by atoms with Crippen molar-refractivity contribution >= 4 is 50.9 Å². The number of hydrogen-bond donors (Lipinski definition) is 1. The zero-order valence-corrected chi connectivity index (χ0v) is 24.5. The molecular weight excluding hydrogens is 535 g/mol. The quantitative estimate of drug-likeness (QED) is 0.405. The van der Waals surface area contributed by atoms with E-state index < -0.39 is 28.7 Å². The Kier molecular flexibility index (Phi) is 11.2. The number of carbonyl (C=O) groups excluding carboxylic acids is 2. The lowest BCUT2D eigenvalue weighted by Crippen LogP contribution is -2.53. The minimum atomic E-state index is -4.04. The molecule has 0 aliphatic heterocycles. The summed E-state index contributed by atoms with van der Waals surface area (Å²) in [6.07, 6.45) is 1.07. The molecule has 0 saturated carbocycles. The zero-order valence-electron chi connectivity index (χ0n) is 22.2. The topological polar surface area (TPSA) is 90.0 Å². The van der Waals surface area contributed by atoms with Gasteiger partial charge >= 0.3 is 10.2 Å². The number of halogens is 2. The number of hydrogen-bond acceptors (Lipinski definition) is 4. The van der Waals surface area contributed by atoms with Crippen LogP contribution in [-0.2, 0) is 26.3 Å². The molecule has 0 heterocycles. The molecule has 2 aromatic carbocycles. The molecule has 2 amide bonds. The smallest absolute Gasteiger partial charge is 0.304 e. The summed E-state index contributed by atoms with van der Waals surface area (Å²) in [7, 11) is -1.21. The summed E-state index contributed by atoms with van der Waals surface area (Å²) in [5, 5.41) is 3.64. The second-order valence-electron chi connectivity index (χ2n) is 9.06. The molecule has 204 valence electrons. The fourth-order valence-electron chi connectivity index (χ4n) is 3.81. The summed E-state index contributed by atoms with van der Waals surface area (Å²) in [4.78, 5) is 28.4. The van der Waals surface area contributed by atoms with Gasteiger partial charge in [-0.1, -0.05) is 55.2 Å². The van der Waals surface area contributed by atoms with Gasteiger partial charge in [0.05, 0.1) is 5.69 Å². The van der Waals surface area contributed by atoms with Gasteiger partial charge in [-0.15, -0.1) is 0 Å². The number of carbonyl (C=O) groups is 2. The van der Waals surface area contributed by atoms with Crippen LogP contribution >= 0.6 is 23.2 Å². The van der Waals surface area contributed by atoms with Crippen molar-refractivity contribution < 1.29 is 18.0 Å². The lowest BCUT2D eigenvalue weighted by molar-refractivity contribution is -0.140. The molecule has 0 aliphatic rings. The molecule has 0 bridgehead atoms. The zero-order chi connectivity index (χ0) is 27.9. The van der Waals surface area contributed by atoms with Crippen molar-refractivity contribution in [2.75, 3.05) is 31.5 Å². The summed E-state index contributed by atoms with van der Waals surface area (Å²) in [6.45, 7) is 7.36. The van der Waals surface area contributed by atoms with Gasteiger partial charge in [-0.2, -0.15) is 12.7 Å². The second-order valence-corrected chi connectivity index (χ2v) is 12.0. The Bertz CT molecular complexity index is 1220. The lowest BCUT2D eigenvalue weighted by Gasteiger charge is -2.34. The minimum Gasteiger partial charge on any atom is -0.354 e. The highest BCUT2D eigenvalue weighted by Crippen LogP contribution is 2.27. The summed E-state index contributed by atoms with van der Waals surface area (Å²) in [6, 6.07) is 9.51. The molecule has 2 aromatic rings. The first kappa shape index (κ1) is 30.9. The summed E-state index contributed by atoms with van der Waals surface area (Å²) in [5.74, 6) is -0.840. The van der Waals surface area contributed by atoms with Crippen LogP contribution < -0.4 is 9.62 Å². The minimum absolute atomic E-state index is 0.00946. The molecule has 0 aromatic heterocycles. The van der Waals surface area contributed by atoms with Crippen molar-refractivity contribution in [1.29, 1.82) is 0 Å². The number of amides is 2. The Morgan fingerprint density at radius 2 is 1.70 bits per heavy atom. The van der Waals surface area contributed by atoms with Crippen molar-refractivity contribution in [3.63, 3.8) is 0 Å². The maximum atomic E-state index is 13.9. The van der Waals surface area contributed by atoms with Crippen molar-refractivity contribution in [2.45, 2.75) is 53.1 Å². The highest BCUT2D eigenvalue weighted by molar-refractivity contribution is 7.90. The molecule has 37 heavy (non-hydrogen) atoms. The van der Waals surface area contributed by atoms with Crippen LogP contribution in [0.15, 0.2) is 36.4 Å². The van der Waals surface area contributed by atoms with Crippen LogP contribution in [0, 0.1) is 13.8 Å². The van der Waals surface area contributed by atoms with Gasteiger partial charge in [0.1, 0.15) is 12.6 Å². The van der Waals surface area contributed by atoms with Crippen LogP contribution in [0.4, 0.5) is 5.69 Å². The summed E-state index contributed by atoms with van der Waals surface area (Å²) >= 11 is 12.5. The summed E-state index contributed by atoms with van der Waals surface area (Å²) in [5.41, 5.74) is 2.54. The van der Waals surface area contributed by atoms with Crippen LogP contribution in [0.1, 0.15) is 43.4 Å². The van der Waals surface area contributed by atoms with Crippen molar-refractivity contribution in [3.05, 3.63) is 63.1 Å². The predicted molar refractivity (Wildman–Crippen MR) is 150 cm³/mol. The highest BCUT2D eigenvalue weighted by Gasteiger charge is 2.34. The van der Waals surface area contributed by atoms with E-state index in [1.54, 1.807) is 38.1 Å². The first-order valence-corrected chi connectivity index (χ1v) is 14.3. The molecule has 0 unspecified atom stereocenters. The molecular formula is C26H36Cl2N4O4S. The standard InChI is InChI=1S/C26H36Cl2N4O4S/c1-7-13-29-26(34)23(8-2)31(16-20-11-12-21(27)15-22(20)28)25(33)17-32(37(35,36)30(5)6)24-14-18(3)9-10-19(24)4/h9-12,14-15,23H,7-8,13,16-17H2,1-6H3,(H,29,34)/t23-/m0/s1. The fourth-order valence-corrected chi connectivity index (χ4v) is 5.39. The van der Waals surface area contributed by atoms with Crippen LogP contribution in [0.2, 0.25) is 10.0 Å². The van der Waals surface area contributed by atoms with E-state index in [-0.39, 0.29) is 12.5 Å². The maximum absolute atomic E-state index is 13.9. The first-order valence-electron chi connectivity index (χ1n) is 12.1. The Hall–Kier alpha value is -2.33. The maximum Gasteiger partial charge on any atom is 0.304 e. The molecule has 8 nitrogen and oxygen atoms in total. The van der Waals surface area contributed by atoms with Crippen molar-refractivity contribution in [1.82, 2.24) is 14.5 Å². The first-order chi connectivity index (χ1) is 17.3. The number of aryl methyl sites for hydroxylation is 2. The van der Waals surface area contributed by atoms with E-state index in [0.29, 0.717) is 39.8 Å². The Morgan fingerprint density at radius 1 is 1.03 bits per heavy atom. The second kappa shape index (κ2) is 13.5. The van der Waals surface area contributed by atoms with E-state index in [9.17, 15) is 18.0 Å². The average molecular weight is 572 g/mol. The third-order valence-electron chi connectivity index (χ3n) is 5.94. The number of anilines is 1. The highest BCUT2D eigenvalue weighted by atomic mass is 35.5. The number of rotatable bonds is 12. The molecule has 0 spiro atoms. The number of nitrogens with one attached hydrogen (secondary N) is 1. The monoisotopic (exact) mass is 570 g/mol. The number of nitrogens with zero attached hydrogens (tertiary/aromatic N) is 3. The van der Waals surface area contributed by atoms with Gasteiger partial charge in [-0.3, -0.25) is 9.59 Å². The molecule has 0 radical (unpaired) electrons. The Morgan fingerprint density at radius 3 is 2.27 bits per heavy atom. The van der Waals surface area contributed by atoms with E-state index in [1.165, 1.54) is 19.0 Å². The normalized spacial score (nSPS) is 12.4. The van der Waals surface area contributed by atoms with Crippen LogP contribution in [-0.4, -0.2) is 62.7 Å². The lowest BCUT2D eigenvalue weighted by atomic mass is 10.1. The Labute approximate surface area is 230 Å². The molecule has 0 saturated heterocycles. The van der Waals surface area contributed by atoms with E-state index >= 15 is 0 Å². The third kappa shape index (κ3) is 7.83. The molecule has 0 fully saturated rings. The third-order valence-corrected chi connectivity index (χ3v) is 8.34. The van der Waals surface area contributed by atoms with Gasteiger partial charge in [0.25, 0.3) is 0 Å². The molecule has 1 atom stereocenters. The van der Waals surface area contributed by atoms with E-state index in [1.807, 2.05) is 26.0 Å².